The smallest absolute Gasteiger partial charge is 0.191 e. The van der Waals surface area contributed by atoms with Gasteiger partial charge in [0.05, 0.1) is 6.54 Å². The van der Waals surface area contributed by atoms with Crippen molar-refractivity contribution in [3.05, 3.63) is 29.8 Å². The molecule has 0 heterocycles. The third-order valence-electron chi connectivity index (χ3n) is 3.60. The van der Waals surface area contributed by atoms with Gasteiger partial charge >= 0.3 is 0 Å². The third-order valence-corrected chi connectivity index (χ3v) is 3.60. The van der Waals surface area contributed by atoms with Crippen LogP contribution < -0.4 is 15.4 Å². The van der Waals surface area contributed by atoms with Crippen LogP contribution in [0.5, 0.6) is 5.75 Å². The predicted molar refractivity (Wildman–Crippen MR) is 98.2 cm³/mol. The summed E-state index contributed by atoms with van der Waals surface area (Å²) in [4.78, 5) is 6.91. The summed E-state index contributed by atoms with van der Waals surface area (Å²) in [6.45, 7) is 14.7. The van der Waals surface area contributed by atoms with Crippen LogP contribution in [-0.2, 0) is 6.54 Å². The van der Waals surface area contributed by atoms with Gasteiger partial charge in [-0.05, 0) is 44.6 Å². The van der Waals surface area contributed by atoms with Crippen LogP contribution in [0.1, 0.15) is 33.3 Å². The Bertz CT molecular complexity index is 433. The predicted octanol–water partition coefficient (Wildman–Crippen LogP) is 2.48. The minimum atomic E-state index is 0.662. The van der Waals surface area contributed by atoms with Crippen LogP contribution in [0.15, 0.2) is 29.3 Å². The lowest BCUT2D eigenvalue weighted by Crippen LogP contribution is -2.36. The van der Waals surface area contributed by atoms with E-state index in [9.17, 15) is 0 Å². The maximum absolute atomic E-state index is 5.80. The van der Waals surface area contributed by atoms with Crippen LogP contribution in [0.2, 0.25) is 0 Å². The zero-order chi connectivity index (χ0) is 16.9. The van der Waals surface area contributed by atoms with Gasteiger partial charge in [0.1, 0.15) is 12.4 Å². The van der Waals surface area contributed by atoms with Gasteiger partial charge in [-0.15, -0.1) is 0 Å². The highest BCUT2D eigenvalue weighted by Crippen LogP contribution is 2.12. The Hall–Kier alpha value is -1.75. The van der Waals surface area contributed by atoms with E-state index in [1.54, 1.807) is 0 Å². The summed E-state index contributed by atoms with van der Waals surface area (Å²) in [6, 6.07) is 8.19. The minimum absolute atomic E-state index is 0.662. The standard InChI is InChI=1S/C18H32N4O/c1-5-19-18(20-6-2)21-15-16-9-11-17(12-10-16)23-14-13-22(7-3)8-4/h9-12H,5-8,13-15H2,1-4H3,(H2,19,20,21). The average Bonchev–Trinajstić information content (AvgIpc) is 2.58. The molecule has 0 fully saturated rings. The summed E-state index contributed by atoms with van der Waals surface area (Å²) in [5.74, 6) is 1.78. The number of hydrogen-bond donors (Lipinski definition) is 2. The lowest BCUT2D eigenvalue weighted by molar-refractivity contribution is 0.223. The number of hydrogen-bond acceptors (Lipinski definition) is 3. The van der Waals surface area contributed by atoms with Crippen LogP contribution in [0.3, 0.4) is 0 Å². The van der Waals surface area contributed by atoms with Crippen molar-refractivity contribution in [2.45, 2.75) is 34.2 Å². The Balaban J connectivity index is 2.44. The van der Waals surface area contributed by atoms with Crippen LogP contribution in [0.4, 0.5) is 0 Å². The fourth-order valence-corrected chi connectivity index (χ4v) is 2.20. The molecule has 130 valence electrons. The van der Waals surface area contributed by atoms with Crippen LogP contribution in [0.25, 0.3) is 0 Å². The Kier molecular flexibility index (Phi) is 9.87. The first-order valence-electron chi connectivity index (χ1n) is 8.69. The molecule has 0 aromatic heterocycles. The largest absolute Gasteiger partial charge is 0.492 e. The zero-order valence-electron chi connectivity index (χ0n) is 15.1. The van der Waals surface area contributed by atoms with Gasteiger partial charge in [0.2, 0.25) is 0 Å². The van der Waals surface area contributed by atoms with Crippen molar-refractivity contribution in [2.75, 3.05) is 39.3 Å². The second kappa shape index (κ2) is 11.8. The normalized spacial score (nSPS) is 10.5. The van der Waals surface area contributed by atoms with Crippen LogP contribution in [0, 0.1) is 0 Å². The summed E-state index contributed by atoms with van der Waals surface area (Å²) in [5.41, 5.74) is 1.18. The fraction of sp³-hybridized carbons (Fsp3) is 0.611. The van der Waals surface area contributed by atoms with E-state index in [0.29, 0.717) is 6.54 Å². The van der Waals surface area contributed by atoms with Crippen molar-refractivity contribution in [1.29, 1.82) is 0 Å². The van der Waals surface area contributed by atoms with E-state index in [0.717, 1.165) is 51.0 Å². The van der Waals surface area contributed by atoms with Gasteiger partial charge in [-0.3, -0.25) is 0 Å². The molecule has 0 spiro atoms. The quantitative estimate of drug-likeness (QED) is 0.514. The van der Waals surface area contributed by atoms with E-state index in [1.807, 2.05) is 12.1 Å². The number of aliphatic imine (C=N–C) groups is 1. The first-order chi connectivity index (χ1) is 11.2. The number of rotatable bonds is 10. The lowest BCUT2D eigenvalue weighted by atomic mass is 10.2. The van der Waals surface area contributed by atoms with Crippen LogP contribution >= 0.6 is 0 Å². The Morgan fingerprint density at radius 2 is 1.61 bits per heavy atom. The van der Waals surface area contributed by atoms with Gasteiger partial charge in [0.25, 0.3) is 0 Å². The Morgan fingerprint density at radius 1 is 1.00 bits per heavy atom. The van der Waals surface area contributed by atoms with Gasteiger partial charge in [-0.1, -0.05) is 26.0 Å². The maximum atomic E-state index is 5.80. The second-order valence-electron chi connectivity index (χ2n) is 5.24. The highest BCUT2D eigenvalue weighted by atomic mass is 16.5. The molecule has 1 aromatic rings. The molecule has 0 bridgehead atoms. The molecule has 0 unspecified atom stereocenters. The fourth-order valence-electron chi connectivity index (χ4n) is 2.20. The third kappa shape index (κ3) is 7.88. The number of likely N-dealkylation sites (N-methyl/N-ethyl adjacent to an activating group) is 1. The molecule has 23 heavy (non-hydrogen) atoms. The first-order valence-corrected chi connectivity index (χ1v) is 8.69. The highest BCUT2D eigenvalue weighted by Gasteiger charge is 2.00. The molecule has 0 amide bonds. The second-order valence-corrected chi connectivity index (χ2v) is 5.24. The van der Waals surface area contributed by atoms with Gasteiger partial charge in [0.15, 0.2) is 5.96 Å². The molecule has 0 saturated carbocycles. The van der Waals surface area contributed by atoms with E-state index >= 15 is 0 Å². The minimum Gasteiger partial charge on any atom is -0.492 e. The number of nitrogens with zero attached hydrogens (tertiary/aromatic N) is 2. The molecule has 0 radical (unpaired) electrons. The van der Waals surface area contributed by atoms with Gasteiger partial charge in [-0.2, -0.15) is 0 Å². The molecule has 5 nitrogen and oxygen atoms in total. The molecule has 0 aliphatic heterocycles. The average molecular weight is 320 g/mol. The van der Waals surface area contributed by atoms with E-state index in [2.05, 4.69) is 60.4 Å². The number of ether oxygens (including phenoxy) is 1. The molecule has 0 saturated heterocycles. The van der Waals surface area contributed by atoms with Gasteiger partial charge in [-0.25, -0.2) is 4.99 Å². The summed E-state index contributed by atoms with van der Waals surface area (Å²) in [7, 11) is 0. The van der Waals surface area contributed by atoms with Gasteiger partial charge < -0.3 is 20.3 Å². The summed E-state index contributed by atoms with van der Waals surface area (Å²) < 4.78 is 5.80. The van der Waals surface area contributed by atoms with E-state index < -0.39 is 0 Å². The Labute approximate surface area is 141 Å². The maximum Gasteiger partial charge on any atom is 0.191 e. The molecule has 5 heteroatoms. The van der Waals surface area contributed by atoms with Crippen LogP contribution in [-0.4, -0.2) is 50.2 Å². The molecule has 2 N–H and O–H groups in total. The van der Waals surface area contributed by atoms with E-state index in [-0.39, 0.29) is 0 Å². The van der Waals surface area contributed by atoms with Crippen molar-refractivity contribution in [3.63, 3.8) is 0 Å². The molecule has 1 rings (SSSR count). The molecular weight excluding hydrogens is 288 g/mol. The van der Waals surface area contributed by atoms with E-state index in [4.69, 9.17) is 4.74 Å². The number of nitrogens with one attached hydrogen (secondary N) is 2. The Morgan fingerprint density at radius 3 is 2.13 bits per heavy atom. The SMILES string of the molecule is CCNC(=NCc1ccc(OCCN(CC)CC)cc1)NCC. The lowest BCUT2D eigenvalue weighted by Gasteiger charge is -2.18. The van der Waals surface area contributed by atoms with Crippen molar-refractivity contribution in [2.24, 2.45) is 4.99 Å². The molecule has 0 aliphatic carbocycles. The van der Waals surface area contributed by atoms with E-state index in [1.165, 1.54) is 5.56 Å². The summed E-state index contributed by atoms with van der Waals surface area (Å²) in [6.07, 6.45) is 0. The van der Waals surface area contributed by atoms with Gasteiger partial charge in [0, 0.05) is 19.6 Å². The molecule has 1 aromatic carbocycles. The topological polar surface area (TPSA) is 48.9 Å². The molecule has 0 atom stereocenters. The van der Waals surface area contributed by atoms with Crippen molar-refractivity contribution < 1.29 is 4.74 Å². The number of benzene rings is 1. The monoisotopic (exact) mass is 320 g/mol. The highest BCUT2D eigenvalue weighted by molar-refractivity contribution is 5.79. The summed E-state index contributed by atoms with van der Waals surface area (Å²) in [5, 5.41) is 6.45. The van der Waals surface area contributed by atoms with Crippen molar-refractivity contribution in [1.82, 2.24) is 15.5 Å². The first kappa shape index (κ1) is 19.3. The number of guanidine groups is 1. The summed E-state index contributed by atoms with van der Waals surface area (Å²) >= 11 is 0. The van der Waals surface area contributed by atoms with Crippen molar-refractivity contribution in [3.8, 4) is 5.75 Å². The molecule has 0 aliphatic rings. The molecular formula is C18H32N4O. The zero-order valence-corrected chi connectivity index (χ0v) is 15.1. The van der Waals surface area contributed by atoms with Crippen molar-refractivity contribution >= 4 is 5.96 Å².